The van der Waals surface area contributed by atoms with Gasteiger partial charge in [-0.1, -0.05) is 37.8 Å². The molecule has 54 valence electrons. The summed E-state index contributed by atoms with van der Waals surface area (Å²) in [6, 6.07) is 0. The number of hydrogen-bond donors (Lipinski definition) is 1. The highest BCUT2D eigenvalue weighted by atomic mass is 32.1. The maximum absolute atomic E-state index is 5.02. The summed E-state index contributed by atoms with van der Waals surface area (Å²) >= 11 is 14.2. The second kappa shape index (κ2) is 3.11. The second-order valence-corrected chi connectivity index (χ2v) is 3.50. The van der Waals surface area contributed by atoms with Gasteiger partial charge in [-0.05, 0) is 12.0 Å². The first-order valence-electron chi connectivity index (χ1n) is 3.19. The van der Waals surface area contributed by atoms with Crippen LogP contribution in [0, 0.1) is 9.02 Å². The Labute approximate surface area is 76.4 Å². The van der Waals surface area contributed by atoms with Gasteiger partial charge in [-0.25, -0.2) is 0 Å². The molecule has 0 spiro atoms. The van der Waals surface area contributed by atoms with Crippen molar-refractivity contribution in [1.29, 1.82) is 0 Å². The van der Waals surface area contributed by atoms with Crippen LogP contribution in [-0.2, 0) is 6.42 Å². The lowest BCUT2D eigenvalue weighted by Crippen LogP contribution is -1.93. The van der Waals surface area contributed by atoms with Gasteiger partial charge >= 0.3 is 0 Å². The van der Waals surface area contributed by atoms with Gasteiger partial charge in [0.15, 0.2) is 0 Å². The van der Waals surface area contributed by atoms with Crippen molar-refractivity contribution in [2.24, 2.45) is 0 Å². The minimum Gasteiger partial charge on any atom is -0.142 e. The topological polar surface area (TPSA) is 0 Å². The van der Waals surface area contributed by atoms with E-state index in [0.717, 1.165) is 26.8 Å². The molecule has 3 heteroatoms. The Morgan fingerprint density at radius 2 is 1.90 bits per heavy atom. The molecule has 0 unspecified atom stereocenters. The molecule has 1 aromatic rings. The second-order valence-electron chi connectivity index (χ2n) is 2.24. The Morgan fingerprint density at radius 1 is 1.30 bits per heavy atom. The van der Waals surface area contributed by atoms with Crippen LogP contribution >= 0.6 is 37.1 Å². The lowest BCUT2D eigenvalue weighted by atomic mass is 10.1. The van der Waals surface area contributed by atoms with Gasteiger partial charge in [-0.15, -0.1) is 12.6 Å². The molecule has 0 bridgehead atoms. The van der Waals surface area contributed by atoms with Gasteiger partial charge in [-0.3, -0.25) is 0 Å². The fraction of sp³-hybridized carbons (Fsp3) is 0.429. The molecule has 10 heavy (non-hydrogen) atoms. The molecular weight excluding hydrogens is 180 g/mol. The summed E-state index contributed by atoms with van der Waals surface area (Å²) in [4.78, 5) is 0.946. The molecule has 0 saturated heterocycles. The van der Waals surface area contributed by atoms with E-state index < -0.39 is 0 Å². The Morgan fingerprint density at radius 3 is 2.30 bits per heavy atom. The van der Waals surface area contributed by atoms with E-state index in [-0.39, 0.29) is 0 Å². The molecule has 0 fully saturated rings. The highest BCUT2D eigenvalue weighted by Crippen LogP contribution is 2.25. The van der Waals surface area contributed by atoms with Crippen LogP contribution in [0.5, 0.6) is 0 Å². The first-order valence-corrected chi connectivity index (χ1v) is 4.46. The summed E-state index contributed by atoms with van der Waals surface area (Å²) in [5.74, 6) is 0. The SMILES string of the molecule is CCCc1c(S)c(=S)c1=S. The van der Waals surface area contributed by atoms with E-state index in [1.165, 1.54) is 5.56 Å². The molecule has 0 amide bonds. The van der Waals surface area contributed by atoms with Crippen LogP contribution in [-0.4, -0.2) is 0 Å². The van der Waals surface area contributed by atoms with Crippen LogP contribution in [0.1, 0.15) is 18.9 Å². The molecule has 0 aliphatic rings. The van der Waals surface area contributed by atoms with Gasteiger partial charge in [0.25, 0.3) is 0 Å². The van der Waals surface area contributed by atoms with Crippen LogP contribution in [0.4, 0.5) is 0 Å². The molecular formula is C7H8S3. The quantitative estimate of drug-likeness (QED) is 0.559. The van der Waals surface area contributed by atoms with Crippen LogP contribution in [0.25, 0.3) is 0 Å². The van der Waals surface area contributed by atoms with Gasteiger partial charge in [0.1, 0.15) is 0 Å². The zero-order valence-electron chi connectivity index (χ0n) is 5.68. The third kappa shape index (κ3) is 1.18. The molecule has 0 aliphatic carbocycles. The number of hydrogen-bond acceptors (Lipinski definition) is 3. The monoisotopic (exact) mass is 188 g/mol. The smallest absolute Gasteiger partial charge is 0.0697 e. The summed E-state index contributed by atoms with van der Waals surface area (Å²) in [6.45, 7) is 2.12. The molecule has 0 heterocycles. The minimum atomic E-state index is 0.779. The Hall–Kier alpha value is 0.270. The van der Waals surface area contributed by atoms with E-state index in [1.807, 2.05) is 0 Å². The molecule has 0 nitrogen and oxygen atoms in total. The average Bonchev–Trinajstić information content (AvgIpc) is 1.98. The third-order valence-electron chi connectivity index (χ3n) is 1.48. The normalized spacial score (nSPS) is 10.6. The van der Waals surface area contributed by atoms with Gasteiger partial charge in [0.05, 0.1) is 9.02 Å². The first kappa shape index (κ1) is 8.37. The van der Waals surface area contributed by atoms with Gasteiger partial charge in [0, 0.05) is 4.90 Å². The highest BCUT2D eigenvalue weighted by Gasteiger charge is 2.08. The summed E-state index contributed by atoms with van der Waals surface area (Å²) in [6.07, 6.45) is 2.14. The largest absolute Gasteiger partial charge is 0.142 e. The maximum atomic E-state index is 5.02. The molecule has 0 aliphatic heterocycles. The standard InChI is InChI=1S/C7H8S3/c1-2-3-4-5(8)7(10)6(4)9/h8H,2-3H2,1H3. The van der Waals surface area contributed by atoms with E-state index in [1.54, 1.807) is 0 Å². The minimum absolute atomic E-state index is 0.779. The van der Waals surface area contributed by atoms with Crippen molar-refractivity contribution in [2.75, 3.05) is 0 Å². The van der Waals surface area contributed by atoms with Crippen LogP contribution in [0.2, 0.25) is 0 Å². The number of rotatable bonds is 2. The van der Waals surface area contributed by atoms with Crippen LogP contribution in [0.15, 0.2) is 4.90 Å². The van der Waals surface area contributed by atoms with Crippen LogP contribution in [0.3, 0.4) is 0 Å². The van der Waals surface area contributed by atoms with Crippen molar-refractivity contribution in [3.8, 4) is 0 Å². The van der Waals surface area contributed by atoms with Gasteiger partial charge in [0.2, 0.25) is 0 Å². The van der Waals surface area contributed by atoms with Crippen molar-refractivity contribution < 1.29 is 0 Å². The zero-order chi connectivity index (χ0) is 7.72. The Balaban J connectivity index is 2.99. The van der Waals surface area contributed by atoms with E-state index in [9.17, 15) is 0 Å². The first-order chi connectivity index (χ1) is 4.68. The summed E-state index contributed by atoms with van der Waals surface area (Å²) in [7, 11) is 0. The zero-order valence-corrected chi connectivity index (χ0v) is 8.21. The van der Waals surface area contributed by atoms with Crippen molar-refractivity contribution in [3.63, 3.8) is 0 Å². The molecule has 1 aromatic carbocycles. The predicted octanol–water partition coefficient (Wildman–Crippen LogP) is 3.26. The van der Waals surface area contributed by atoms with Crippen molar-refractivity contribution in [3.05, 3.63) is 14.6 Å². The van der Waals surface area contributed by atoms with Crippen molar-refractivity contribution in [2.45, 2.75) is 24.7 Å². The predicted molar refractivity (Wildman–Crippen MR) is 51.7 cm³/mol. The van der Waals surface area contributed by atoms with E-state index in [0.29, 0.717) is 0 Å². The molecule has 0 atom stereocenters. The Kier molecular flexibility index (Phi) is 2.61. The fourth-order valence-electron chi connectivity index (χ4n) is 0.909. The highest BCUT2D eigenvalue weighted by molar-refractivity contribution is 7.81. The van der Waals surface area contributed by atoms with Crippen LogP contribution < -0.4 is 0 Å². The van der Waals surface area contributed by atoms with Gasteiger partial charge in [-0.2, -0.15) is 0 Å². The van der Waals surface area contributed by atoms with E-state index in [2.05, 4.69) is 19.6 Å². The molecule has 0 saturated carbocycles. The molecule has 0 N–H and O–H groups in total. The summed E-state index contributed by atoms with van der Waals surface area (Å²) < 4.78 is 1.64. The molecule has 0 aromatic heterocycles. The van der Waals surface area contributed by atoms with E-state index >= 15 is 0 Å². The van der Waals surface area contributed by atoms with Crippen molar-refractivity contribution in [1.82, 2.24) is 0 Å². The van der Waals surface area contributed by atoms with Gasteiger partial charge < -0.3 is 0 Å². The lowest BCUT2D eigenvalue weighted by Gasteiger charge is -2.06. The average molecular weight is 188 g/mol. The lowest BCUT2D eigenvalue weighted by molar-refractivity contribution is 0.881. The van der Waals surface area contributed by atoms with Crippen molar-refractivity contribution >= 4 is 37.1 Å². The maximum Gasteiger partial charge on any atom is 0.0697 e. The molecule has 0 radical (unpaired) electrons. The third-order valence-corrected chi connectivity index (χ3v) is 3.11. The fourth-order valence-corrected chi connectivity index (χ4v) is 1.95. The number of thiol groups is 1. The van der Waals surface area contributed by atoms with E-state index in [4.69, 9.17) is 24.4 Å². The Bertz CT molecular complexity index is 304. The summed E-state index contributed by atoms with van der Waals surface area (Å²) in [5, 5.41) is 0. The molecule has 1 rings (SSSR count). The summed E-state index contributed by atoms with van der Waals surface area (Å²) in [5.41, 5.74) is 1.19.